The minimum absolute atomic E-state index is 0. The first-order valence-corrected chi connectivity index (χ1v) is 22.9. The van der Waals surface area contributed by atoms with E-state index in [0.29, 0.717) is 0 Å². The second-order valence-electron chi connectivity index (χ2n) is 15.5. The molecule has 0 heterocycles. The van der Waals surface area contributed by atoms with Crippen LogP contribution in [0.25, 0.3) is 0 Å². The molecule has 0 saturated carbocycles. The van der Waals surface area contributed by atoms with Gasteiger partial charge in [-0.05, 0) is 59.7 Å². The SMILES string of the molecule is CCCCCCCCCCCCNC(C)C(=O)[O-].CCCCCCCCCCCCNC(C)C(=O)[O-].CCCCCCCCCCCCNC(C)C(=O)[O-].[Na+].[Na+].[Na+]. The van der Waals surface area contributed by atoms with Crippen molar-refractivity contribution in [3.63, 3.8) is 0 Å². The van der Waals surface area contributed by atoms with Crippen LogP contribution in [0.15, 0.2) is 0 Å². The first kappa shape index (κ1) is 70.0. The molecule has 0 amide bonds. The zero-order chi connectivity index (χ0) is 40.9. The standard InChI is InChI=1S/3C15H31NO2.3Na/c3*1-3-4-5-6-7-8-9-10-11-12-13-16-14(2)15(17)18;;;/h3*14,16H,3-13H2,1-2H3,(H,17,18);;;/q;;;3*+1/p-3. The topological polar surface area (TPSA) is 156 Å². The van der Waals surface area contributed by atoms with Crippen LogP contribution in [-0.4, -0.2) is 55.7 Å². The van der Waals surface area contributed by atoms with Gasteiger partial charge in [-0.15, -0.1) is 0 Å². The molecule has 3 unspecified atom stereocenters. The van der Waals surface area contributed by atoms with Crippen molar-refractivity contribution in [2.75, 3.05) is 19.6 Å². The number of rotatable bonds is 39. The van der Waals surface area contributed by atoms with Gasteiger partial charge in [0.1, 0.15) is 0 Å². The van der Waals surface area contributed by atoms with Gasteiger partial charge in [0.25, 0.3) is 0 Å². The van der Waals surface area contributed by atoms with E-state index in [4.69, 9.17) is 0 Å². The van der Waals surface area contributed by atoms with E-state index in [2.05, 4.69) is 36.7 Å². The Morgan fingerprint density at radius 2 is 0.456 bits per heavy atom. The number of unbranched alkanes of at least 4 members (excludes halogenated alkanes) is 27. The third-order valence-corrected chi connectivity index (χ3v) is 10.0. The molecule has 0 fully saturated rings. The van der Waals surface area contributed by atoms with Crippen molar-refractivity contribution in [2.24, 2.45) is 0 Å². The summed E-state index contributed by atoms with van der Waals surface area (Å²) >= 11 is 0. The van der Waals surface area contributed by atoms with E-state index >= 15 is 0 Å². The van der Waals surface area contributed by atoms with E-state index in [9.17, 15) is 29.7 Å². The van der Waals surface area contributed by atoms with Crippen molar-refractivity contribution in [3.8, 4) is 0 Å². The Morgan fingerprint density at radius 1 is 0.316 bits per heavy atom. The molecule has 0 rings (SSSR count). The van der Waals surface area contributed by atoms with Gasteiger partial charge in [-0.25, -0.2) is 0 Å². The van der Waals surface area contributed by atoms with E-state index in [0.717, 1.165) is 38.9 Å². The van der Waals surface area contributed by atoms with Crippen molar-refractivity contribution in [3.05, 3.63) is 0 Å². The van der Waals surface area contributed by atoms with Gasteiger partial charge in [-0.3, -0.25) is 0 Å². The molecule has 0 aliphatic heterocycles. The fourth-order valence-corrected chi connectivity index (χ4v) is 6.04. The molecule has 0 saturated heterocycles. The molecule has 0 aromatic heterocycles. The Morgan fingerprint density at radius 3 is 0.596 bits per heavy atom. The summed E-state index contributed by atoms with van der Waals surface area (Å²) in [5, 5.41) is 40.2. The number of hydrogen-bond acceptors (Lipinski definition) is 9. The normalized spacial score (nSPS) is 11.9. The van der Waals surface area contributed by atoms with Gasteiger partial charge in [0, 0.05) is 18.1 Å². The van der Waals surface area contributed by atoms with E-state index in [1.54, 1.807) is 20.8 Å². The maximum absolute atomic E-state index is 10.4. The summed E-state index contributed by atoms with van der Waals surface area (Å²) in [6.07, 6.45) is 39.2. The number of aliphatic carboxylic acids is 3. The third kappa shape index (κ3) is 64.1. The van der Waals surface area contributed by atoms with Crippen LogP contribution in [0.2, 0.25) is 0 Å². The van der Waals surface area contributed by atoms with E-state index < -0.39 is 36.0 Å². The summed E-state index contributed by atoms with van der Waals surface area (Å²) in [4.78, 5) is 31.3. The molecule has 324 valence electrons. The molecular formula is C45H90N3Na3O6. The van der Waals surface area contributed by atoms with E-state index in [1.807, 2.05) is 0 Å². The average Bonchev–Trinajstić information content (AvgIpc) is 3.15. The number of carbonyl (C=O) groups excluding carboxylic acids is 3. The molecule has 57 heavy (non-hydrogen) atoms. The fraction of sp³-hybridized carbons (Fsp3) is 0.933. The van der Waals surface area contributed by atoms with Crippen molar-refractivity contribution in [1.29, 1.82) is 0 Å². The Bertz CT molecular complexity index is 702. The molecule has 3 N–H and O–H groups in total. The monoisotopic (exact) mass is 838 g/mol. The Hall–Kier alpha value is 1.29. The van der Waals surface area contributed by atoms with Gasteiger partial charge in [-0.2, -0.15) is 0 Å². The maximum Gasteiger partial charge on any atom is 1.00 e. The number of nitrogens with one attached hydrogen (secondary N) is 3. The predicted octanol–water partition coefficient (Wildman–Crippen LogP) is -1.08. The second kappa shape index (κ2) is 59.4. The van der Waals surface area contributed by atoms with Crippen molar-refractivity contribution >= 4 is 17.9 Å². The van der Waals surface area contributed by atoms with Gasteiger partial charge in [0.05, 0.1) is 17.9 Å². The molecule has 0 spiro atoms. The maximum atomic E-state index is 10.4. The largest absolute Gasteiger partial charge is 1.00 e. The average molecular weight is 838 g/mol. The molecular weight excluding hydrogens is 747 g/mol. The second-order valence-corrected chi connectivity index (χ2v) is 15.5. The molecule has 12 heteroatoms. The van der Waals surface area contributed by atoms with Gasteiger partial charge < -0.3 is 45.7 Å². The van der Waals surface area contributed by atoms with Crippen molar-refractivity contribution in [1.82, 2.24) is 16.0 Å². The first-order valence-electron chi connectivity index (χ1n) is 22.9. The minimum atomic E-state index is -1.01. The summed E-state index contributed by atoms with van der Waals surface area (Å²) in [5.41, 5.74) is 0. The molecule has 0 bridgehead atoms. The van der Waals surface area contributed by atoms with E-state index in [1.165, 1.54) is 173 Å². The molecule has 3 atom stereocenters. The smallest absolute Gasteiger partial charge is 0.548 e. The zero-order valence-electron chi connectivity index (χ0n) is 39.5. The van der Waals surface area contributed by atoms with Crippen molar-refractivity contribution in [2.45, 2.75) is 252 Å². The van der Waals surface area contributed by atoms with Crippen molar-refractivity contribution < 1.29 is 118 Å². The summed E-state index contributed by atoms with van der Waals surface area (Å²) in [6, 6.07) is -1.57. The molecule has 0 aromatic carbocycles. The summed E-state index contributed by atoms with van der Waals surface area (Å²) in [5.74, 6) is -3.04. The van der Waals surface area contributed by atoms with Crippen LogP contribution < -0.4 is 120 Å². The molecule has 9 nitrogen and oxygen atoms in total. The molecule has 0 aromatic rings. The third-order valence-electron chi connectivity index (χ3n) is 10.0. The Balaban J connectivity index is -0.000000167. The summed E-state index contributed by atoms with van der Waals surface area (Å²) < 4.78 is 0. The number of carboxylic acid groups (broad SMARTS) is 3. The Labute approximate surface area is 420 Å². The van der Waals surface area contributed by atoms with Crippen LogP contribution in [0.4, 0.5) is 0 Å². The van der Waals surface area contributed by atoms with Crippen LogP contribution in [-0.2, 0) is 14.4 Å². The summed E-state index contributed by atoms with van der Waals surface area (Å²) in [6.45, 7) is 14.0. The summed E-state index contributed by atoms with van der Waals surface area (Å²) in [7, 11) is 0. The van der Waals surface area contributed by atoms with Crippen LogP contribution in [0.5, 0.6) is 0 Å². The minimum Gasteiger partial charge on any atom is -0.548 e. The fourth-order valence-electron chi connectivity index (χ4n) is 6.04. The Kier molecular flexibility index (Phi) is 72.9. The van der Waals surface area contributed by atoms with E-state index in [-0.39, 0.29) is 88.7 Å². The van der Waals surface area contributed by atoms with Gasteiger partial charge >= 0.3 is 88.7 Å². The number of hydrogen-bond donors (Lipinski definition) is 3. The quantitative estimate of drug-likeness (QED) is 0.0518. The zero-order valence-corrected chi connectivity index (χ0v) is 45.5. The molecule has 0 radical (unpaired) electrons. The van der Waals surface area contributed by atoms with Gasteiger partial charge in [0.2, 0.25) is 0 Å². The number of carbonyl (C=O) groups is 3. The predicted molar refractivity (Wildman–Crippen MR) is 223 cm³/mol. The van der Waals surface area contributed by atoms with Crippen LogP contribution >= 0.6 is 0 Å². The number of carboxylic acids is 3. The molecule has 0 aliphatic carbocycles. The molecule has 0 aliphatic rings. The van der Waals surface area contributed by atoms with Gasteiger partial charge in [-0.1, -0.05) is 194 Å². The first-order chi connectivity index (χ1) is 26.0. The van der Waals surface area contributed by atoms with Crippen LogP contribution in [0, 0.1) is 0 Å². The van der Waals surface area contributed by atoms with Crippen LogP contribution in [0.3, 0.4) is 0 Å². The van der Waals surface area contributed by atoms with Crippen LogP contribution in [0.1, 0.15) is 234 Å². The van der Waals surface area contributed by atoms with Gasteiger partial charge in [0.15, 0.2) is 0 Å².